The summed E-state index contributed by atoms with van der Waals surface area (Å²) in [5.41, 5.74) is 0.911. The largest absolute Gasteiger partial charge is 0.365 e. The molecule has 0 atom stereocenters. The van der Waals surface area contributed by atoms with Crippen LogP contribution in [-0.2, 0) is 0 Å². The van der Waals surface area contributed by atoms with Gasteiger partial charge in [-0.2, -0.15) is 0 Å². The van der Waals surface area contributed by atoms with E-state index in [4.69, 9.17) is 11.6 Å². The molecule has 0 aliphatic heterocycles. The zero-order valence-corrected chi connectivity index (χ0v) is 15.4. The molecule has 1 N–H and O–H groups in total. The second-order valence-corrected chi connectivity index (χ2v) is 7.88. The quantitative estimate of drug-likeness (QED) is 0.655. The van der Waals surface area contributed by atoms with Crippen molar-refractivity contribution >= 4 is 28.5 Å². The van der Waals surface area contributed by atoms with Gasteiger partial charge >= 0.3 is 0 Å². The number of hydrogen-bond acceptors (Lipinski definition) is 4. The first-order chi connectivity index (χ1) is 12.2. The van der Waals surface area contributed by atoms with Crippen molar-refractivity contribution < 1.29 is 8.78 Å². The van der Waals surface area contributed by atoms with Crippen LogP contribution in [0.3, 0.4) is 0 Å². The van der Waals surface area contributed by atoms with E-state index >= 15 is 0 Å². The number of fused-ring (bicyclic) bond motifs is 1. The Hall–Kier alpha value is -2.28. The number of aromatic nitrogens is 4. The van der Waals surface area contributed by atoms with Crippen LogP contribution < -0.4 is 5.32 Å². The molecule has 1 aliphatic rings. The summed E-state index contributed by atoms with van der Waals surface area (Å²) in [5.74, 6) is -0.834. The van der Waals surface area contributed by atoms with E-state index in [-0.39, 0.29) is 22.4 Å². The van der Waals surface area contributed by atoms with Gasteiger partial charge in [-0.1, -0.05) is 0 Å². The first kappa shape index (κ1) is 17.1. The molecule has 3 aromatic rings. The summed E-state index contributed by atoms with van der Waals surface area (Å²) in [5, 5.41) is 3.39. The van der Waals surface area contributed by atoms with E-state index in [9.17, 15) is 8.78 Å². The van der Waals surface area contributed by atoms with E-state index in [1.807, 2.05) is 25.3 Å². The van der Waals surface area contributed by atoms with Crippen LogP contribution in [0.5, 0.6) is 0 Å². The lowest BCUT2D eigenvalue weighted by molar-refractivity contribution is 0.515. The second-order valence-electron chi connectivity index (χ2n) is 7.54. The van der Waals surface area contributed by atoms with Gasteiger partial charge in [0, 0.05) is 17.8 Å². The van der Waals surface area contributed by atoms with E-state index in [0.717, 1.165) is 18.9 Å². The third-order valence-electron chi connectivity index (χ3n) is 4.16. The van der Waals surface area contributed by atoms with E-state index in [0.29, 0.717) is 22.7 Å². The average molecular weight is 378 g/mol. The molecule has 26 heavy (non-hydrogen) atoms. The molecule has 0 saturated heterocycles. The minimum absolute atomic E-state index is 0.0172. The van der Waals surface area contributed by atoms with Crippen molar-refractivity contribution in [3.05, 3.63) is 35.2 Å². The van der Waals surface area contributed by atoms with Crippen molar-refractivity contribution in [3.8, 4) is 11.4 Å². The van der Waals surface area contributed by atoms with E-state index in [1.165, 1.54) is 0 Å². The van der Waals surface area contributed by atoms with Crippen molar-refractivity contribution in [2.75, 3.05) is 5.32 Å². The number of hydrogen-bond donors (Lipinski definition) is 1. The third-order valence-corrected chi connectivity index (χ3v) is 4.34. The third kappa shape index (κ3) is 3.00. The minimum atomic E-state index is -0.941. The molecule has 0 amide bonds. The Morgan fingerprint density at radius 1 is 1.19 bits per heavy atom. The van der Waals surface area contributed by atoms with Gasteiger partial charge in [0.1, 0.15) is 17.2 Å². The van der Waals surface area contributed by atoms with Gasteiger partial charge in [0.05, 0.1) is 11.1 Å². The summed E-state index contributed by atoms with van der Waals surface area (Å²) in [7, 11) is 0. The standard InChI is InChI=1S/C18H18ClF2N5/c1-18(2,3)25-15-10(8-22-17(19)24-15)16-23-14-12(26(16)9-4-5-9)7-6-11(20)13(14)21/h6-9H,4-5H2,1-3H3,(H,22,24,25). The summed E-state index contributed by atoms with van der Waals surface area (Å²) < 4.78 is 29.9. The van der Waals surface area contributed by atoms with Gasteiger partial charge in [0.2, 0.25) is 5.28 Å². The zero-order chi connectivity index (χ0) is 18.6. The number of rotatable bonds is 3. The first-order valence-corrected chi connectivity index (χ1v) is 8.79. The molecule has 136 valence electrons. The maximum absolute atomic E-state index is 14.3. The Bertz CT molecular complexity index is 1000. The predicted molar refractivity (Wildman–Crippen MR) is 97.3 cm³/mol. The number of nitrogens with one attached hydrogen (secondary N) is 1. The molecular weight excluding hydrogens is 360 g/mol. The molecule has 1 saturated carbocycles. The molecule has 1 fully saturated rings. The number of halogens is 3. The second kappa shape index (κ2) is 5.87. The number of anilines is 1. The SMILES string of the molecule is CC(C)(C)Nc1nc(Cl)ncc1-c1nc2c(F)c(F)ccc2n1C1CC1. The normalized spacial score (nSPS) is 14.8. The molecule has 0 spiro atoms. The number of imidazole rings is 1. The van der Waals surface area contributed by atoms with Gasteiger partial charge in [-0.15, -0.1) is 0 Å². The molecule has 1 aliphatic carbocycles. The van der Waals surface area contributed by atoms with Gasteiger partial charge in [-0.05, 0) is 57.3 Å². The highest BCUT2D eigenvalue weighted by atomic mass is 35.5. The predicted octanol–water partition coefficient (Wildman–Crippen LogP) is 4.97. The molecule has 0 unspecified atom stereocenters. The van der Waals surface area contributed by atoms with Crippen molar-refractivity contribution in [3.63, 3.8) is 0 Å². The van der Waals surface area contributed by atoms with Crippen LogP contribution in [0.2, 0.25) is 5.28 Å². The molecule has 2 heterocycles. The Labute approximate surface area is 154 Å². The molecule has 4 rings (SSSR count). The fraction of sp³-hybridized carbons (Fsp3) is 0.389. The number of benzene rings is 1. The summed E-state index contributed by atoms with van der Waals surface area (Å²) in [6, 6.07) is 2.91. The highest BCUT2D eigenvalue weighted by Gasteiger charge is 2.31. The molecular formula is C18H18ClF2N5. The van der Waals surface area contributed by atoms with Crippen LogP contribution in [0.4, 0.5) is 14.6 Å². The summed E-state index contributed by atoms with van der Waals surface area (Å²) in [6.07, 6.45) is 3.50. The fourth-order valence-electron chi connectivity index (χ4n) is 2.97. The van der Waals surface area contributed by atoms with Crippen LogP contribution in [0.1, 0.15) is 39.7 Å². The summed E-state index contributed by atoms with van der Waals surface area (Å²) in [4.78, 5) is 12.8. The Morgan fingerprint density at radius 2 is 1.92 bits per heavy atom. The van der Waals surface area contributed by atoms with Gasteiger partial charge in [0.25, 0.3) is 0 Å². The van der Waals surface area contributed by atoms with Crippen molar-refractivity contribution in [1.82, 2.24) is 19.5 Å². The minimum Gasteiger partial charge on any atom is -0.365 e. The van der Waals surface area contributed by atoms with Gasteiger partial charge in [-0.25, -0.2) is 23.7 Å². The van der Waals surface area contributed by atoms with Crippen LogP contribution >= 0.6 is 11.6 Å². The van der Waals surface area contributed by atoms with Crippen LogP contribution in [0, 0.1) is 11.6 Å². The molecule has 2 aromatic heterocycles. The van der Waals surface area contributed by atoms with Gasteiger partial charge < -0.3 is 9.88 Å². The maximum atomic E-state index is 14.3. The zero-order valence-electron chi connectivity index (χ0n) is 14.6. The lowest BCUT2D eigenvalue weighted by Gasteiger charge is -2.23. The Balaban J connectivity index is 1.98. The topological polar surface area (TPSA) is 55.6 Å². The van der Waals surface area contributed by atoms with E-state index < -0.39 is 11.6 Å². The van der Waals surface area contributed by atoms with E-state index in [2.05, 4.69) is 20.3 Å². The number of nitrogens with zero attached hydrogens (tertiary/aromatic N) is 4. The van der Waals surface area contributed by atoms with Crippen LogP contribution in [0.15, 0.2) is 18.3 Å². The monoisotopic (exact) mass is 377 g/mol. The molecule has 0 bridgehead atoms. The van der Waals surface area contributed by atoms with Crippen LogP contribution in [-0.4, -0.2) is 25.1 Å². The molecule has 5 nitrogen and oxygen atoms in total. The van der Waals surface area contributed by atoms with Crippen molar-refractivity contribution in [2.24, 2.45) is 0 Å². The first-order valence-electron chi connectivity index (χ1n) is 8.41. The maximum Gasteiger partial charge on any atom is 0.224 e. The van der Waals surface area contributed by atoms with E-state index in [1.54, 1.807) is 12.3 Å². The van der Waals surface area contributed by atoms with Gasteiger partial charge in [0.15, 0.2) is 11.6 Å². The van der Waals surface area contributed by atoms with Gasteiger partial charge in [-0.3, -0.25) is 0 Å². The van der Waals surface area contributed by atoms with Crippen molar-refractivity contribution in [1.29, 1.82) is 0 Å². The Kier molecular flexibility index (Phi) is 3.87. The fourth-order valence-corrected chi connectivity index (χ4v) is 3.10. The van der Waals surface area contributed by atoms with Crippen LogP contribution in [0.25, 0.3) is 22.4 Å². The smallest absolute Gasteiger partial charge is 0.224 e. The highest BCUT2D eigenvalue weighted by Crippen LogP contribution is 2.43. The Morgan fingerprint density at radius 3 is 2.58 bits per heavy atom. The van der Waals surface area contributed by atoms with Crippen molar-refractivity contribution in [2.45, 2.75) is 45.2 Å². The lowest BCUT2D eigenvalue weighted by Crippen LogP contribution is -2.27. The average Bonchev–Trinajstić information content (AvgIpc) is 3.30. The summed E-state index contributed by atoms with van der Waals surface area (Å²) in [6.45, 7) is 5.98. The lowest BCUT2D eigenvalue weighted by atomic mass is 10.1. The molecule has 0 radical (unpaired) electrons. The molecule has 1 aromatic carbocycles. The highest BCUT2D eigenvalue weighted by molar-refractivity contribution is 6.28. The molecule has 8 heteroatoms. The summed E-state index contributed by atoms with van der Waals surface area (Å²) >= 11 is 5.97.